The molecule has 0 radical (unpaired) electrons. The Morgan fingerprint density at radius 2 is 1.67 bits per heavy atom. The van der Waals surface area contributed by atoms with Crippen LogP contribution in [0.25, 0.3) is 22.0 Å². The van der Waals surface area contributed by atoms with Crippen LogP contribution in [0, 0.1) is 6.92 Å². The molecule has 0 saturated carbocycles. The summed E-state index contributed by atoms with van der Waals surface area (Å²) in [5, 5.41) is 2.31. The lowest BCUT2D eigenvalue weighted by Crippen LogP contribution is -3.00. The van der Waals surface area contributed by atoms with Crippen molar-refractivity contribution in [2.24, 2.45) is 0 Å². The maximum Gasteiger partial charge on any atom is 0.231 e. The highest BCUT2D eigenvalue weighted by atomic mass is 127. The van der Waals surface area contributed by atoms with E-state index in [1.807, 2.05) is 6.07 Å². The van der Waals surface area contributed by atoms with E-state index >= 15 is 0 Å². The Balaban J connectivity index is 0.00000180. The molecule has 0 fully saturated rings. The molecule has 27 heavy (non-hydrogen) atoms. The van der Waals surface area contributed by atoms with Crippen LogP contribution in [0.5, 0.6) is 23.0 Å². The lowest BCUT2D eigenvalue weighted by Gasteiger charge is -2.19. The largest absolute Gasteiger partial charge is 1.00 e. The molecule has 0 aliphatic carbocycles. The van der Waals surface area contributed by atoms with Crippen molar-refractivity contribution in [3.8, 4) is 34.3 Å². The van der Waals surface area contributed by atoms with E-state index in [-0.39, 0.29) is 24.0 Å². The summed E-state index contributed by atoms with van der Waals surface area (Å²) in [6.07, 6.45) is 3.18. The molecular formula is C21H20INO4. The third kappa shape index (κ3) is 2.69. The Morgan fingerprint density at radius 1 is 0.963 bits per heavy atom. The molecule has 0 unspecified atom stereocenters. The predicted molar refractivity (Wildman–Crippen MR) is 97.2 cm³/mol. The summed E-state index contributed by atoms with van der Waals surface area (Å²) in [5.41, 5.74) is 4.97. The highest BCUT2D eigenvalue weighted by molar-refractivity contribution is 5.91. The van der Waals surface area contributed by atoms with Crippen molar-refractivity contribution >= 4 is 10.8 Å². The van der Waals surface area contributed by atoms with Gasteiger partial charge in [-0.25, -0.2) is 0 Å². The number of nitrogens with zero attached hydrogens (tertiary/aromatic N) is 1. The van der Waals surface area contributed by atoms with Crippen molar-refractivity contribution in [3.05, 3.63) is 41.6 Å². The molecule has 5 nitrogen and oxygen atoms in total. The monoisotopic (exact) mass is 477 g/mol. The SMILES string of the molecule is COc1cc2c[n+]3c(c(C)c2cc1OC)-c1cc2c(cc1CC3)OCO2.[I-]. The number of aryl methyl sites for hydroxylation is 3. The fourth-order valence-electron chi connectivity index (χ4n) is 4.09. The van der Waals surface area contributed by atoms with Gasteiger partial charge in [-0.05, 0) is 36.8 Å². The fraction of sp³-hybridized carbons (Fsp3) is 0.286. The molecular weight excluding hydrogens is 457 g/mol. The number of ether oxygens (including phenoxy) is 4. The summed E-state index contributed by atoms with van der Waals surface area (Å²) in [5.74, 6) is 3.17. The Labute approximate surface area is 174 Å². The van der Waals surface area contributed by atoms with Crippen molar-refractivity contribution in [1.29, 1.82) is 0 Å². The summed E-state index contributed by atoms with van der Waals surface area (Å²) in [7, 11) is 3.34. The molecule has 3 heterocycles. The number of hydrogen-bond donors (Lipinski definition) is 0. The van der Waals surface area contributed by atoms with Crippen molar-refractivity contribution in [2.45, 2.75) is 19.9 Å². The Morgan fingerprint density at radius 3 is 2.41 bits per heavy atom. The van der Waals surface area contributed by atoms with Gasteiger partial charge in [0.25, 0.3) is 0 Å². The fourth-order valence-corrected chi connectivity index (χ4v) is 4.09. The lowest BCUT2D eigenvalue weighted by atomic mass is 9.92. The van der Waals surface area contributed by atoms with E-state index in [1.54, 1.807) is 14.2 Å². The zero-order valence-electron chi connectivity index (χ0n) is 15.5. The molecule has 0 amide bonds. The van der Waals surface area contributed by atoms with Crippen LogP contribution in [0.15, 0.2) is 30.5 Å². The van der Waals surface area contributed by atoms with Gasteiger partial charge in [0.1, 0.15) is 0 Å². The Kier molecular flexibility index (Phi) is 4.53. The van der Waals surface area contributed by atoms with E-state index in [9.17, 15) is 0 Å². The van der Waals surface area contributed by atoms with Crippen molar-refractivity contribution in [3.63, 3.8) is 0 Å². The topological polar surface area (TPSA) is 40.8 Å². The highest BCUT2D eigenvalue weighted by Gasteiger charge is 2.30. The molecule has 3 aromatic rings. The summed E-state index contributed by atoms with van der Waals surface area (Å²) in [6.45, 7) is 3.40. The van der Waals surface area contributed by atoms with Crippen LogP contribution in [0.2, 0.25) is 0 Å². The number of pyridine rings is 1. The van der Waals surface area contributed by atoms with Gasteiger partial charge in [0.05, 0.1) is 19.8 Å². The molecule has 0 spiro atoms. The minimum atomic E-state index is 0. The van der Waals surface area contributed by atoms with Gasteiger partial charge in [-0.2, -0.15) is 4.57 Å². The number of aromatic nitrogens is 1. The van der Waals surface area contributed by atoms with Gasteiger partial charge in [0, 0.05) is 22.8 Å². The average Bonchev–Trinajstić information content (AvgIpc) is 3.12. The van der Waals surface area contributed by atoms with Crippen LogP contribution in [-0.2, 0) is 13.0 Å². The van der Waals surface area contributed by atoms with Crippen LogP contribution < -0.4 is 47.5 Å². The first-order chi connectivity index (χ1) is 12.7. The number of benzene rings is 2. The van der Waals surface area contributed by atoms with E-state index in [0.717, 1.165) is 41.3 Å². The molecule has 0 bridgehead atoms. The quantitative estimate of drug-likeness (QED) is 0.396. The zero-order chi connectivity index (χ0) is 17.8. The molecule has 140 valence electrons. The van der Waals surface area contributed by atoms with Gasteiger partial charge < -0.3 is 42.9 Å². The maximum atomic E-state index is 5.61. The first-order valence-electron chi connectivity index (χ1n) is 8.71. The first kappa shape index (κ1) is 18.2. The molecule has 0 N–H and O–H groups in total. The van der Waals surface area contributed by atoms with E-state index in [2.05, 4.69) is 35.9 Å². The van der Waals surface area contributed by atoms with Crippen LogP contribution in [-0.4, -0.2) is 21.0 Å². The van der Waals surface area contributed by atoms with Gasteiger partial charge in [-0.1, -0.05) is 0 Å². The minimum absolute atomic E-state index is 0. The smallest absolute Gasteiger partial charge is 0.231 e. The molecule has 2 aliphatic rings. The Hall–Kier alpha value is -2.22. The lowest BCUT2D eigenvalue weighted by molar-refractivity contribution is -0.686. The predicted octanol–water partition coefficient (Wildman–Crippen LogP) is 0.409. The van der Waals surface area contributed by atoms with Crippen LogP contribution in [0.4, 0.5) is 0 Å². The van der Waals surface area contributed by atoms with Crippen molar-refractivity contribution < 1.29 is 47.5 Å². The molecule has 2 aromatic carbocycles. The van der Waals surface area contributed by atoms with E-state index in [1.165, 1.54) is 27.8 Å². The zero-order valence-corrected chi connectivity index (χ0v) is 17.6. The third-order valence-electron chi connectivity index (χ3n) is 5.37. The molecule has 5 rings (SSSR count). The summed E-state index contributed by atoms with van der Waals surface area (Å²) >= 11 is 0. The van der Waals surface area contributed by atoms with E-state index < -0.39 is 0 Å². The van der Waals surface area contributed by atoms with Gasteiger partial charge in [-0.15, -0.1) is 0 Å². The normalized spacial score (nSPS) is 13.6. The van der Waals surface area contributed by atoms with E-state index in [0.29, 0.717) is 6.79 Å². The molecule has 2 aliphatic heterocycles. The second-order valence-corrected chi connectivity index (χ2v) is 6.70. The summed E-state index contributed by atoms with van der Waals surface area (Å²) < 4.78 is 24.5. The number of halogens is 1. The van der Waals surface area contributed by atoms with Crippen LogP contribution >= 0.6 is 0 Å². The number of fused-ring (bicyclic) bond motifs is 5. The third-order valence-corrected chi connectivity index (χ3v) is 5.37. The summed E-state index contributed by atoms with van der Waals surface area (Å²) in [6, 6.07) is 8.34. The van der Waals surface area contributed by atoms with Crippen molar-refractivity contribution in [2.75, 3.05) is 21.0 Å². The average molecular weight is 477 g/mol. The van der Waals surface area contributed by atoms with E-state index in [4.69, 9.17) is 18.9 Å². The Bertz CT molecular complexity index is 1060. The highest BCUT2D eigenvalue weighted by Crippen LogP contribution is 2.42. The maximum absolute atomic E-state index is 5.61. The van der Waals surface area contributed by atoms with Gasteiger partial charge in [-0.3, -0.25) is 0 Å². The molecule has 0 atom stereocenters. The number of methoxy groups -OCH3 is 2. The second-order valence-electron chi connectivity index (χ2n) is 6.70. The standard InChI is InChI=1S/C21H20NO4.HI/c1-12-15-8-18(24-3)17(23-2)7-14(15)10-22-5-4-13-6-19-20(26-11-25-19)9-16(13)21(12)22;/h6-10H,4-5,11H2,1-3H3;1H/q+1;/p-1. The van der Waals surface area contributed by atoms with Gasteiger partial charge >= 0.3 is 0 Å². The molecule has 0 saturated heterocycles. The first-order valence-corrected chi connectivity index (χ1v) is 8.71. The second kappa shape index (κ2) is 6.74. The number of rotatable bonds is 2. The van der Waals surface area contributed by atoms with Crippen LogP contribution in [0.1, 0.15) is 11.1 Å². The van der Waals surface area contributed by atoms with Crippen molar-refractivity contribution in [1.82, 2.24) is 0 Å². The van der Waals surface area contributed by atoms with Gasteiger partial charge in [0.15, 0.2) is 35.7 Å². The van der Waals surface area contributed by atoms with Crippen LogP contribution in [0.3, 0.4) is 0 Å². The summed E-state index contributed by atoms with van der Waals surface area (Å²) in [4.78, 5) is 0. The molecule has 1 aromatic heterocycles. The van der Waals surface area contributed by atoms with Gasteiger partial charge in [0.2, 0.25) is 12.5 Å². The number of hydrogen-bond acceptors (Lipinski definition) is 4. The minimum Gasteiger partial charge on any atom is -1.00 e. The molecule has 6 heteroatoms.